The molecule has 0 unspecified atom stereocenters. The molecule has 0 aromatic heterocycles. The Bertz CT molecular complexity index is 914. The van der Waals surface area contributed by atoms with Gasteiger partial charge in [-0.3, -0.25) is 4.79 Å². The van der Waals surface area contributed by atoms with Gasteiger partial charge in [-0.05, 0) is 31.0 Å². The van der Waals surface area contributed by atoms with Crippen LogP contribution in [-0.2, 0) is 25.0 Å². The van der Waals surface area contributed by atoms with E-state index in [9.17, 15) is 30.7 Å². The Morgan fingerprint density at radius 2 is 1.73 bits per heavy atom. The Hall–Kier alpha value is 0.180. The predicted molar refractivity (Wildman–Crippen MR) is 81.4 cm³/mol. The number of hydrazone groups is 1. The van der Waals surface area contributed by atoms with Crippen LogP contribution in [0.5, 0.6) is 0 Å². The molecule has 0 radical (unpaired) electrons. The summed E-state index contributed by atoms with van der Waals surface area (Å²) in [5.74, 6) is -0.605. The fourth-order valence-electron chi connectivity index (χ4n) is 2.22. The second-order valence-corrected chi connectivity index (χ2v) is 7.92. The van der Waals surface area contributed by atoms with Crippen LogP contribution in [0, 0.1) is 0 Å². The van der Waals surface area contributed by atoms with E-state index >= 15 is 0 Å². The van der Waals surface area contributed by atoms with Gasteiger partial charge in [0.25, 0.3) is 5.91 Å². The molecule has 0 N–H and O–H groups in total. The Balaban J connectivity index is 0.00000312. The number of unbranched alkanes of at least 4 members (excludes halogenated alkanes) is 1. The van der Waals surface area contributed by atoms with Gasteiger partial charge in [0.1, 0.15) is 20.2 Å². The van der Waals surface area contributed by atoms with E-state index in [0.29, 0.717) is 35.3 Å². The summed E-state index contributed by atoms with van der Waals surface area (Å²) in [6, 6.07) is 2.07. The zero-order valence-corrected chi connectivity index (χ0v) is 20.3. The van der Waals surface area contributed by atoms with E-state index in [-0.39, 0.29) is 65.5 Å². The number of carbonyl (C=O) groups excluding carboxylic acids is 1. The van der Waals surface area contributed by atoms with Crippen LogP contribution in [-0.4, -0.2) is 37.6 Å². The van der Waals surface area contributed by atoms with Crippen molar-refractivity contribution in [2.24, 2.45) is 5.10 Å². The summed E-state index contributed by atoms with van der Waals surface area (Å²) in [6.07, 6.45) is 2.07. The van der Waals surface area contributed by atoms with Crippen LogP contribution in [0.1, 0.15) is 32.6 Å². The molecule has 132 valence electrons. The largest absolute Gasteiger partial charge is 1.00 e. The Labute approximate surface area is 196 Å². The van der Waals surface area contributed by atoms with Gasteiger partial charge >= 0.3 is 59.1 Å². The second kappa shape index (κ2) is 10.1. The molecule has 26 heavy (non-hydrogen) atoms. The minimum Gasteiger partial charge on any atom is -0.744 e. The van der Waals surface area contributed by atoms with Crippen LogP contribution < -0.4 is 64.1 Å². The van der Waals surface area contributed by atoms with Crippen LogP contribution >= 0.6 is 0 Å². The number of amides is 1. The quantitative estimate of drug-likeness (QED) is 0.330. The maximum absolute atomic E-state index is 12.1. The first kappa shape index (κ1) is 26.2. The summed E-state index contributed by atoms with van der Waals surface area (Å²) in [6.45, 7) is 1.94. The minimum absolute atomic E-state index is 0. The van der Waals surface area contributed by atoms with Gasteiger partial charge in [0, 0.05) is 5.71 Å². The van der Waals surface area contributed by atoms with Gasteiger partial charge in [-0.1, -0.05) is 13.3 Å². The van der Waals surface area contributed by atoms with E-state index in [0.717, 1.165) is 12.8 Å². The van der Waals surface area contributed by atoms with E-state index in [1.165, 1.54) is 0 Å². The van der Waals surface area contributed by atoms with Gasteiger partial charge in [0.05, 0.1) is 21.9 Å². The third-order valence-electron chi connectivity index (χ3n) is 3.37. The van der Waals surface area contributed by atoms with Gasteiger partial charge < -0.3 is 9.11 Å². The van der Waals surface area contributed by atoms with Crippen molar-refractivity contribution in [1.29, 1.82) is 0 Å². The fourth-order valence-corrected chi connectivity index (χ4v) is 3.35. The number of nitrogens with zero attached hydrogens (tertiary/aromatic N) is 2. The zero-order chi connectivity index (χ0) is 18.1. The summed E-state index contributed by atoms with van der Waals surface area (Å²) in [7, 11) is -9.90. The number of rotatable bonds is 6. The molecule has 1 aromatic carbocycles. The molecule has 13 heteroatoms. The molecule has 0 aliphatic carbocycles. The molecule has 0 atom stereocenters. The Kier molecular flexibility index (Phi) is 10.2. The van der Waals surface area contributed by atoms with Crippen molar-refractivity contribution < 1.29 is 89.9 Å². The van der Waals surface area contributed by atoms with Crippen LogP contribution in [0.3, 0.4) is 0 Å². The Morgan fingerprint density at radius 3 is 2.23 bits per heavy atom. The van der Waals surface area contributed by atoms with Gasteiger partial charge in [-0.15, -0.1) is 0 Å². The summed E-state index contributed by atoms with van der Waals surface area (Å²) in [5, 5.41) is 4.65. The first-order chi connectivity index (χ1) is 11.0. The van der Waals surface area contributed by atoms with Crippen molar-refractivity contribution in [2.45, 2.75) is 42.4 Å². The summed E-state index contributed by atoms with van der Waals surface area (Å²) in [5.41, 5.74) is -0.0371. The van der Waals surface area contributed by atoms with E-state index in [1.54, 1.807) is 0 Å². The SMILES string of the molecule is CCCCC1=NN(c2cc(S(=O)(=O)[O-])ccc2S(=O)(=O)[O-])C(=O)C1.[Na+].[Na+]. The number of benzene rings is 1. The molecule has 1 heterocycles. The van der Waals surface area contributed by atoms with Crippen molar-refractivity contribution >= 4 is 37.5 Å². The van der Waals surface area contributed by atoms with Crippen molar-refractivity contribution in [3.63, 3.8) is 0 Å². The second-order valence-electron chi connectivity index (χ2n) is 5.19. The maximum Gasteiger partial charge on any atom is 1.00 e. The molecule has 1 aliphatic rings. The normalized spacial score (nSPS) is 14.5. The third-order valence-corrected chi connectivity index (χ3v) is 5.08. The smallest absolute Gasteiger partial charge is 0.744 e. The van der Waals surface area contributed by atoms with Crippen molar-refractivity contribution in [3.8, 4) is 0 Å². The zero-order valence-electron chi connectivity index (χ0n) is 14.6. The summed E-state index contributed by atoms with van der Waals surface area (Å²) < 4.78 is 67.5. The van der Waals surface area contributed by atoms with Crippen LogP contribution in [0.2, 0.25) is 0 Å². The maximum atomic E-state index is 12.1. The van der Waals surface area contributed by atoms with Crippen LogP contribution in [0.25, 0.3) is 0 Å². The number of carbonyl (C=O) groups is 1. The van der Waals surface area contributed by atoms with Gasteiger partial charge in [0.15, 0.2) is 0 Å². The molecule has 1 amide bonds. The van der Waals surface area contributed by atoms with E-state index in [1.807, 2.05) is 6.92 Å². The monoisotopic (exact) mass is 420 g/mol. The third kappa shape index (κ3) is 6.36. The molecule has 0 spiro atoms. The summed E-state index contributed by atoms with van der Waals surface area (Å²) >= 11 is 0. The Morgan fingerprint density at radius 1 is 1.12 bits per heavy atom. The van der Waals surface area contributed by atoms with Crippen LogP contribution in [0.4, 0.5) is 5.69 Å². The number of hydrogen-bond acceptors (Lipinski definition) is 8. The molecule has 9 nitrogen and oxygen atoms in total. The van der Waals surface area contributed by atoms with Crippen molar-refractivity contribution in [1.82, 2.24) is 0 Å². The average molecular weight is 420 g/mol. The first-order valence-corrected chi connectivity index (χ1v) is 9.81. The minimum atomic E-state index is -5.00. The number of hydrogen-bond donors (Lipinski definition) is 0. The predicted octanol–water partition coefficient (Wildman–Crippen LogP) is -5.21. The van der Waals surface area contributed by atoms with Crippen LogP contribution in [0.15, 0.2) is 33.1 Å². The van der Waals surface area contributed by atoms with E-state index in [4.69, 9.17) is 0 Å². The van der Waals surface area contributed by atoms with E-state index in [2.05, 4.69) is 5.10 Å². The van der Waals surface area contributed by atoms with Crippen molar-refractivity contribution in [3.05, 3.63) is 18.2 Å². The molecule has 0 bridgehead atoms. The molecule has 2 rings (SSSR count). The molecule has 0 saturated carbocycles. The fraction of sp³-hybridized carbons (Fsp3) is 0.385. The molecular weight excluding hydrogens is 406 g/mol. The molecule has 0 saturated heterocycles. The number of anilines is 1. The van der Waals surface area contributed by atoms with Gasteiger partial charge in [-0.25, -0.2) is 16.8 Å². The molecular formula is C13H14N2Na2O7S2. The van der Waals surface area contributed by atoms with Crippen molar-refractivity contribution in [2.75, 3.05) is 5.01 Å². The summed E-state index contributed by atoms with van der Waals surface area (Å²) in [4.78, 5) is 10.5. The first-order valence-electron chi connectivity index (χ1n) is 6.99. The topological polar surface area (TPSA) is 147 Å². The average Bonchev–Trinajstić information content (AvgIpc) is 2.83. The molecule has 1 aromatic rings. The molecule has 1 aliphatic heterocycles. The van der Waals surface area contributed by atoms with Gasteiger partial charge in [-0.2, -0.15) is 10.1 Å². The standard InChI is InChI=1S/C13H16N2O7S2.2Na/c1-2-3-4-9-7-13(16)15(14-9)11-8-10(23(17,18)19)5-6-12(11)24(20,21)22;;/h5-6,8H,2-4,7H2,1H3,(H,17,18,19)(H,20,21,22);;/q;2*+1/p-2. The molecule has 0 fully saturated rings. The van der Waals surface area contributed by atoms with E-state index < -0.39 is 41.6 Å². The van der Waals surface area contributed by atoms with Gasteiger partial charge in [0.2, 0.25) is 0 Å².